The second-order valence-electron chi connectivity index (χ2n) is 7.95. The lowest BCUT2D eigenvalue weighted by atomic mass is 9.87. The summed E-state index contributed by atoms with van der Waals surface area (Å²) in [5.74, 6) is 1.16. The van der Waals surface area contributed by atoms with Gasteiger partial charge in [-0.15, -0.1) is 0 Å². The summed E-state index contributed by atoms with van der Waals surface area (Å²) in [6.07, 6.45) is 6.53. The highest BCUT2D eigenvalue weighted by atomic mass is 32.2. The van der Waals surface area contributed by atoms with Crippen molar-refractivity contribution in [2.75, 3.05) is 13.2 Å². The number of ether oxygens (including phenoxy) is 2. The fourth-order valence-electron chi connectivity index (χ4n) is 4.74. The van der Waals surface area contributed by atoms with Gasteiger partial charge in [-0.2, -0.15) is 8.42 Å². The summed E-state index contributed by atoms with van der Waals surface area (Å²) < 4.78 is 42.5. The van der Waals surface area contributed by atoms with Crippen molar-refractivity contribution in [3.63, 3.8) is 0 Å². The molecule has 1 heterocycles. The molecule has 0 amide bonds. The van der Waals surface area contributed by atoms with Crippen LogP contribution < -0.4 is 0 Å². The molecule has 1 aromatic carbocycles. The van der Waals surface area contributed by atoms with Crippen molar-refractivity contribution in [2.45, 2.75) is 62.7 Å². The maximum Gasteiger partial charge on any atom is 0.296 e. The normalized spacial score (nSPS) is 34.3. The lowest BCUT2D eigenvalue weighted by Gasteiger charge is -2.34. The number of fused-ring (bicyclic) bond motifs is 2. The van der Waals surface area contributed by atoms with E-state index in [0.717, 1.165) is 44.3 Å². The summed E-state index contributed by atoms with van der Waals surface area (Å²) in [6.45, 7) is 2.89. The average Bonchev–Trinajstić information content (AvgIpc) is 3.23. The zero-order chi connectivity index (χ0) is 18.1. The molecular formula is C20H28O5S. The summed E-state index contributed by atoms with van der Waals surface area (Å²) in [4.78, 5) is 0.222. The van der Waals surface area contributed by atoms with Crippen LogP contribution in [0.15, 0.2) is 29.2 Å². The van der Waals surface area contributed by atoms with Crippen LogP contribution >= 0.6 is 0 Å². The first-order valence-corrected chi connectivity index (χ1v) is 11.2. The van der Waals surface area contributed by atoms with Crippen LogP contribution in [0.5, 0.6) is 0 Å². The van der Waals surface area contributed by atoms with Gasteiger partial charge >= 0.3 is 0 Å². The van der Waals surface area contributed by atoms with E-state index in [1.807, 2.05) is 6.92 Å². The van der Waals surface area contributed by atoms with Crippen LogP contribution in [-0.2, 0) is 23.8 Å². The monoisotopic (exact) mass is 380 g/mol. The van der Waals surface area contributed by atoms with Crippen molar-refractivity contribution in [3.8, 4) is 0 Å². The molecule has 0 aromatic heterocycles. The number of hydrogen-bond donors (Lipinski definition) is 0. The molecule has 26 heavy (non-hydrogen) atoms. The molecule has 0 N–H and O–H groups in total. The van der Waals surface area contributed by atoms with Crippen LogP contribution in [-0.4, -0.2) is 34.0 Å². The van der Waals surface area contributed by atoms with E-state index < -0.39 is 10.1 Å². The Kier molecular flexibility index (Phi) is 5.37. The fourth-order valence-corrected chi connectivity index (χ4v) is 5.68. The molecule has 2 aliphatic carbocycles. The summed E-state index contributed by atoms with van der Waals surface area (Å²) >= 11 is 0. The van der Waals surface area contributed by atoms with Gasteiger partial charge in [0.25, 0.3) is 10.1 Å². The Hall–Kier alpha value is -0.950. The largest absolute Gasteiger partial charge is 0.353 e. The van der Waals surface area contributed by atoms with E-state index in [1.165, 1.54) is 6.42 Å². The average molecular weight is 381 g/mol. The van der Waals surface area contributed by atoms with E-state index in [-0.39, 0.29) is 29.8 Å². The predicted molar refractivity (Wildman–Crippen MR) is 97.1 cm³/mol. The Morgan fingerprint density at radius 3 is 2.58 bits per heavy atom. The van der Waals surface area contributed by atoms with E-state index >= 15 is 0 Å². The quantitative estimate of drug-likeness (QED) is 0.705. The second-order valence-corrected chi connectivity index (χ2v) is 9.56. The van der Waals surface area contributed by atoms with Crippen molar-refractivity contribution < 1.29 is 22.1 Å². The van der Waals surface area contributed by atoms with E-state index in [1.54, 1.807) is 24.3 Å². The minimum Gasteiger partial charge on any atom is -0.353 e. The second kappa shape index (κ2) is 7.58. The smallest absolute Gasteiger partial charge is 0.296 e. The van der Waals surface area contributed by atoms with Crippen LogP contribution in [0, 0.1) is 24.7 Å². The van der Waals surface area contributed by atoms with E-state index in [0.29, 0.717) is 11.8 Å². The molecule has 4 rings (SSSR count). The minimum absolute atomic E-state index is 0.0602. The zero-order valence-electron chi connectivity index (χ0n) is 15.3. The molecule has 1 unspecified atom stereocenters. The highest BCUT2D eigenvalue weighted by Gasteiger charge is 2.49. The SMILES string of the molecule is Cc1ccc(S(=O)(=O)OC[C@@H]2[C@@H]3CC[C@@H](C3)[C@@H]2OC2CCCCO2)cc1. The van der Waals surface area contributed by atoms with Crippen molar-refractivity contribution in [2.24, 2.45) is 17.8 Å². The molecule has 0 radical (unpaired) electrons. The number of benzene rings is 1. The van der Waals surface area contributed by atoms with Gasteiger partial charge < -0.3 is 9.47 Å². The molecule has 2 bridgehead atoms. The fraction of sp³-hybridized carbons (Fsp3) is 0.700. The summed E-state index contributed by atoms with van der Waals surface area (Å²) in [5, 5.41) is 0. The molecule has 5 atom stereocenters. The third-order valence-electron chi connectivity index (χ3n) is 6.18. The van der Waals surface area contributed by atoms with Gasteiger partial charge in [0, 0.05) is 12.5 Å². The molecule has 5 nitrogen and oxygen atoms in total. The third kappa shape index (κ3) is 3.84. The van der Waals surface area contributed by atoms with Crippen LogP contribution in [0.3, 0.4) is 0 Å². The molecule has 1 aromatic rings. The van der Waals surface area contributed by atoms with Gasteiger partial charge in [-0.05, 0) is 69.4 Å². The Labute approximate surface area is 156 Å². The van der Waals surface area contributed by atoms with Crippen molar-refractivity contribution in [1.29, 1.82) is 0 Å². The number of aryl methyl sites for hydroxylation is 1. The van der Waals surface area contributed by atoms with Gasteiger partial charge in [-0.1, -0.05) is 17.7 Å². The maximum atomic E-state index is 12.5. The standard InChI is InChI=1S/C20H28O5S/c1-14-5-9-17(10-6-14)26(21,22)24-13-18-15-7-8-16(12-15)20(18)25-19-4-2-3-11-23-19/h5-6,9-10,15-16,18-20H,2-4,7-8,11-13H2,1H3/t15-,16+,18-,19?,20+/m1/s1. The van der Waals surface area contributed by atoms with Crippen LogP contribution in [0.25, 0.3) is 0 Å². The zero-order valence-corrected chi connectivity index (χ0v) is 16.1. The van der Waals surface area contributed by atoms with Crippen molar-refractivity contribution in [1.82, 2.24) is 0 Å². The Morgan fingerprint density at radius 2 is 1.85 bits per heavy atom. The van der Waals surface area contributed by atoms with Crippen LogP contribution in [0.4, 0.5) is 0 Å². The van der Waals surface area contributed by atoms with Gasteiger partial charge in [0.2, 0.25) is 0 Å². The Morgan fingerprint density at radius 1 is 1.08 bits per heavy atom. The Balaban J connectivity index is 1.41. The first-order valence-electron chi connectivity index (χ1n) is 9.76. The highest BCUT2D eigenvalue weighted by Crippen LogP contribution is 2.50. The molecule has 1 saturated heterocycles. The molecule has 2 saturated carbocycles. The topological polar surface area (TPSA) is 61.8 Å². The lowest BCUT2D eigenvalue weighted by molar-refractivity contribution is -0.208. The molecular weight excluding hydrogens is 352 g/mol. The van der Waals surface area contributed by atoms with E-state index in [2.05, 4.69) is 0 Å². The summed E-state index contributed by atoms with van der Waals surface area (Å²) in [5.41, 5.74) is 1.03. The first kappa shape index (κ1) is 18.4. The highest BCUT2D eigenvalue weighted by molar-refractivity contribution is 7.86. The van der Waals surface area contributed by atoms with Crippen molar-refractivity contribution in [3.05, 3.63) is 29.8 Å². The number of rotatable bonds is 6. The van der Waals surface area contributed by atoms with Gasteiger partial charge in [-0.25, -0.2) is 0 Å². The van der Waals surface area contributed by atoms with Gasteiger partial charge in [0.1, 0.15) is 0 Å². The van der Waals surface area contributed by atoms with Gasteiger partial charge in [-0.3, -0.25) is 4.18 Å². The summed E-state index contributed by atoms with van der Waals surface area (Å²) in [6, 6.07) is 6.80. The Bertz CT molecular complexity index is 708. The maximum absolute atomic E-state index is 12.5. The molecule has 3 aliphatic rings. The third-order valence-corrected chi connectivity index (χ3v) is 7.47. The molecule has 3 fully saturated rings. The van der Waals surface area contributed by atoms with E-state index in [9.17, 15) is 8.42 Å². The number of hydrogen-bond acceptors (Lipinski definition) is 5. The summed E-state index contributed by atoms with van der Waals surface area (Å²) in [7, 11) is -3.72. The predicted octanol–water partition coefficient (Wildman–Crippen LogP) is 3.66. The van der Waals surface area contributed by atoms with Crippen LogP contribution in [0.1, 0.15) is 44.1 Å². The first-order chi connectivity index (χ1) is 12.5. The van der Waals surface area contributed by atoms with E-state index in [4.69, 9.17) is 13.7 Å². The van der Waals surface area contributed by atoms with Crippen LogP contribution in [0.2, 0.25) is 0 Å². The van der Waals surface area contributed by atoms with Crippen molar-refractivity contribution >= 4 is 10.1 Å². The lowest BCUT2D eigenvalue weighted by Crippen LogP contribution is -2.38. The molecule has 6 heteroatoms. The molecule has 1 aliphatic heterocycles. The minimum atomic E-state index is -3.72. The molecule has 144 valence electrons. The molecule has 0 spiro atoms. The van der Waals surface area contributed by atoms with Gasteiger partial charge in [0.05, 0.1) is 17.6 Å². The van der Waals surface area contributed by atoms with Gasteiger partial charge in [0.15, 0.2) is 6.29 Å².